The van der Waals surface area contributed by atoms with Crippen molar-refractivity contribution < 1.29 is 23.5 Å². The average molecular weight is 374 g/mol. The molecule has 0 aliphatic rings. The van der Waals surface area contributed by atoms with Gasteiger partial charge >= 0.3 is 12.1 Å². The molecule has 0 radical (unpaired) electrons. The number of hydrogen-bond acceptors (Lipinski definition) is 5. The zero-order chi connectivity index (χ0) is 20.0. The van der Waals surface area contributed by atoms with Crippen LogP contribution in [-0.4, -0.2) is 29.3 Å². The van der Waals surface area contributed by atoms with Crippen LogP contribution in [0, 0.1) is 5.82 Å². The summed E-state index contributed by atoms with van der Waals surface area (Å²) in [7, 11) is 0. The summed E-state index contributed by atoms with van der Waals surface area (Å²) >= 11 is 0. The van der Waals surface area contributed by atoms with Gasteiger partial charge in [-0.2, -0.15) is 0 Å². The molecule has 0 spiro atoms. The largest absolute Gasteiger partial charge is 0.461 e. The molecule has 144 valence electrons. The second kappa shape index (κ2) is 8.62. The van der Waals surface area contributed by atoms with Crippen molar-refractivity contribution in [2.24, 2.45) is 0 Å². The molecule has 0 aliphatic heterocycles. The van der Waals surface area contributed by atoms with E-state index in [-0.39, 0.29) is 23.8 Å². The van der Waals surface area contributed by atoms with Crippen molar-refractivity contribution in [2.45, 2.75) is 39.7 Å². The number of carbonyl (C=O) groups is 2. The third-order valence-corrected chi connectivity index (χ3v) is 3.37. The van der Waals surface area contributed by atoms with Gasteiger partial charge in [0.25, 0.3) is 0 Å². The van der Waals surface area contributed by atoms with Crippen molar-refractivity contribution in [1.82, 2.24) is 4.98 Å². The van der Waals surface area contributed by atoms with E-state index in [1.54, 1.807) is 45.9 Å². The summed E-state index contributed by atoms with van der Waals surface area (Å²) in [5, 5.41) is 2.56. The molecule has 2 rings (SSSR count). The molecule has 0 saturated heterocycles. The Kier molecular flexibility index (Phi) is 6.50. The van der Waals surface area contributed by atoms with Crippen LogP contribution in [0.5, 0.6) is 0 Å². The van der Waals surface area contributed by atoms with Gasteiger partial charge in [0, 0.05) is 6.20 Å². The van der Waals surface area contributed by atoms with Gasteiger partial charge in [0.05, 0.1) is 12.3 Å². The number of anilines is 1. The number of ether oxygens (including phenoxy) is 2. The van der Waals surface area contributed by atoms with Crippen LogP contribution in [0.4, 0.5) is 14.9 Å². The van der Waals surface area contributed by atoms with Crippen molar-refractivity contribution >= 4 is 17.7 Å². The van der Waals surface area contributed by atoms with Crippen LogP contribution in [-0.2, 0) is 15.9 Å². The summed E-state index contributed by atoms with van der Waals surface area (Å²) < 4.78 is 23.3. The monoisotopic (exact) mass is 374 g/mol. The van der Waals surface area contributed by atoms with Crippen LogP contribution in [0.15, 0.2) is 36.5 Å². The highest BCUT2D eigenvalue weighted by atomic mass is 19.1. The van der Waals surface area contributed by atoms with Gasteiger partial charge in [-0.25, -0.2) is 19.0 Å². The Labute approximate surface area is 157 Å². The number of benzene rings is 1. The van der Waals surface area contributed by atoms with Gasteiger partial charge in [-0.05, 0) is 63.4 Å². The Hall–Kier alpha value is -2.96. The minimum Gasteiger partial charge on any atom is -0.461 e. The number of rotatable bonds is 5. The number of nitrogens with zero attached hydrogens (tertiary/aromatic N) is 1. The number of carbonyl (C=O) groups excluding carboxylic acids is 2. The standard InChI is InChI=1S/C20H23FN2O4/c1-5-26-18(24)17-16(23-19(25)27-20(2,3)4)11-14(12-22-17)10-13-6-8-15(21)9-7-13/h6-9,11-12H,5,10H2,1-4H3,(H,23,25). The van der Waals surface area contributed by atoms with Crippen molar-refractivity contribution in [3.8, 4) is 0 Å². The first-order valence-electron chi connectivity index (χ1n) is 8.58. The summed E-state index contributed by atoms with van der Waals surface area (Å²) in [4.78, 5) is 28.4. The SMILES string of the molecule is CCOC(=O)c1ncc(Cc2ccc(F)cc2)cc1NC(=O)OC(C)(C)C. The van der Waals surface area contributed by atoms with Crippen molar-refractivity contribution in [3.63, 3.8) is 0 Å². The topological polar surface area (TPSA) is 77.5 Å². The first-order valence-corrected chi connectivity index (χ1v) is 8.58. The highest BCUT2D eigenvalue weighted by Crippen LogP contribution is 2.20. The molecule has 0 atom stereocenters. The Morgan fingerprint density at radius 1 is 1.15 bits per heavy atom. The Morgan fingerprint density at radius 2 is 1.81 bits per heavy atom. The lowest BCUT2D eigenvalue weighted by molar-refractivity contribution is 0.0521. The molecule has 1 amide bonds. The molecule has 1 heterocycles. The van der Waals surface area contributed by atoms with Crippen LogP contribution in [0.3, 0.4) is 0 Å². The Morgan fingerprint density at radius 3 is 2.41 bits per heavy atom. The van der Waals surface area contributed by atoms with Gasteiger partial charge in [-0.1, -0.05) is 12.1 Å². The highest BCUT2D eigenvalue weighted by Gasteiger charge is 2.21. The third kappa shape index (κ3) is 6.36. The lowest BCUT2D eigenvalue weighted by Gasteiger charge is -2.20. The molecule has 0 aliphatic carbocycles. The average Bonchev–Trinajstić information content (AvgIpc) is 2.55. The molecule has 1 aromatic carbocycles. The Balaban J connectivity index is 2.29. The maximum absolute atomic E-state index is 13.1. The number of aromatic nitrogens is 1. The second-order valence-corrected chi connectivity index (χ2v) is 6.89. The van der Waals surface area contributed by atoms with Crippen molar-refractivity contribution in [1.29, 1.82) is 0 Å². The minimum absolute atomic E-state index is 0.00874. The zero-order valence-corrected chi connectivity index (χ0v) is 15.8. The molecule has 1 aromatic heterocycles. The van der Waals surface area contributed by atoms with Gasteiger partial charge in [0.1, 0.15) is 11.4 Å². The second-order valence-electron chi connectivity index (χ2n) is 6.89. The lowest BCUT2D eigenvalue weighted by atomic mass is 10.1. The molecule has 7 heteroatoms. The van der Waals surface area contributed by atoms with Crippen LogP contribution in [0.1, 0.15) is 49.3 Å². The van der Waals surface area contributed by atoms with Gasteiger partial charge in [-0.3, -0.25) is 5.32 Å². The fraction of sp³-hybridized carbons (Fsp3) is 0.350. The van der Waals surface area contributed by atoms with Crippen molar-refractivity contribution in [3.05, 3.63) is 59.2 Å². The number of esters is 1. The van der Waals surface area contributed by atoms with E-state index in [1.165, 1.54) is 18.3 Å². The summed E-state index contributed by atoms with van der Waals surface area (Å²) in [6.07, 6.45) is 1.28. The molecular formula is C20H23FN2O4. The van der Waals surface area contributed by atoms with Crippen LogP contribution in [0.25, 0.3) is 0 Å². The van der Waals surface area contributed by atoms with Gasteiger partial charge in [0.15, 0.2) is 5.69 Å². The van der Waals surface area contributed by atoms with E-state index in [2.05, 4.69) is 10.3 Å². The summed E-state index contributed by atoms with van der Waals surface area (Å²) in [5.74, 6) is -0.960. The number of halogens is 1. The number of nitrogens with one attached hydrogen (secondary N) is 1. The maximum atomic E-state index is 13.1. The molecular weight excluding hydrogens is 351 g/mol. The molecule has 0 unspecified atom stereocenters. The van der Waals surface area contributed by atoms with E-state index in [1.807, 2.05) is 0 Å². The third-order valence-electron chi connectivity index (χ3n) is 3.37. The van der Waals surface area contributed by atoms with E-state index in [0.717, 1.165) is 11.1 Å². The van der Waals surface area contributed by atoms with Crippen molar-refractivity contribution in [2.75, 3.05) is 11.9 Å². The van der Waals surface area contributed by atoms with E-state index in [4.69, 9.17) is 9.47 Å². The van der Waals surface area contributed by atoms with E-state index in [9.17, 15) is 14.0 Å². The maximum Gasteiger partial charge on any atom is 0.412 e. The van der Waals surface area contributed by atoms with Crippen LogP contribution in [0.2, 0.25) is 0 Å². The zero-order valence-electron chi connectivity index (χ0n) is 15.8. The molecule has 0 fully saturated rings. The Bertz CT molecular complexity index is 814. The normalized spacial score (nSPS) is 11.0. The molecule has 0 saturated carbocycles. The predicted molar refractivity (Wildman–Crippen MR) is 99.3 cm³/mol. The number of amides is 1. The minimum atomic E-state index is -0.700. The van der Waals surface area contributed by atoms with Crippen LogP contribution >= 0.6 is 0 Å². The van der Waals surface area contributed by atoms with E-state index < -0.39 is 17.7 Å². The van der Waals surface area contributed by atoms with E-state index in [0.29, 0.717) is 6.42 Å². The quantitative estimate of drug-likeness (QED) is 0.788. The van der Waals surface area contributed by atoms with Gasteiger partial charge in [0.2, 0.25) is 0 Å². The predicted octanol–water partition coefficient (Wildman–Crippen LogP) is 4.34. The molecule has 0 bridgehead atoms. The fourth-order valence-corrected chi connectivity index (χ4v) is 2.31. The molecule has 6 nitrogen and oxygen atoms in total. The first kappa shape index (κ1) is 20.4. The molecule has 1 N–H and O–H groups in total. The fourth-order valence-electron chi connectivity index (χ4n) is 2.31. The summed E-state index contributed by atoms with van der Waals surface area (Å²) in [6.45, 7) is 7.08. The molecule has 2 aromatic rings. The van der Waals surface area contributed by atoms with E-state index >= 15 is 0 Å². The van der Waals surface area contributed by atoms with Gasteiger partial charge < -0.3 is 9.47 Å². The summed E-state index contributed by atoms with van der Waals surface area (Å²) in [6, 6.07) is 7.70. The smallest absolute Gasteiger partial charge is 0.412 e. The highest BCUT2D eigenvalue weighted by molar-refractivity contribution is 5.98. The lowest BCUT2D eigenvalue weighted by Crippen LogP contribution is -2.28. The first-order chi connectivity index (χ1) is 12.7. The number of pyridine rings is 1. The van der Waals surface area contributed by atoms with Crippen LogP contribution < -0.4 is 5.32 Å². The van der Waals surface area contributed by atoms with Gasteiger partial charge in [-0.15, -0.1) is 0 Å². The number of hydrogen-bond donors (Lipinski definition) is 1. The molecule has 27 heavy (non-hydrogen) atoms. The summed E-state index contributed by atoms with van der Waals surface area (Å²) in [5.41, 5.74) is 1.10.